The summed E-state index contributed by atoms with van der Waals surface area (Å²) < 4.78 is 5.47. The predicted octanol–water partition coefficient (Wildman–Crippen LogP) is 2.13. The minimum absolute atomic E-state index is 0.395. The van der Waals surface area contributed by atoms with Crippen LogP contribution in [0.15, 0.2) is 0 Å². The Labute approximate surface area is 115 Å². The molecule has 1 aliphatic carbocycles. The molecule has 0 radical (unpaired) electrons. The zero-order chi connectivity index (χ0) is 13.3. The first-order valence-electron chi connectivity index (χ1n) is 7.68. The molecule has 4 nitrogen and oxygen atoms in total. The fourth-order valence-corrected chi connectivity index (χ4v) is 4.34. The Balaban J connectivity index is 1.65. The highest BCUT2D eigenvalue weighted by atomic mass is 16.5. The van der Waals surface area contributed by atoms with Gasteiger partial charge >= 0.3 is 5.97 Å². The molecule has 0 aromatic rings. The number of rotatable bonds is 3. The topological polar surface area (TPSA) is 49.8 Å². The molecular formula is C15H25NO3. The van der Waals surface area contributed by atoms with Gasteiger partial charge in [0.05, 0.1) is 6.61 Å². The van der Waals surface area contributed by atoms with Crippen LogP contribution in [-0.4, -0.2) is 48.8 Å². The van der Waals surface area contributed by atoms with Gasteiger partial charge in [-0.25, -0.2) is 0 Å². The van der Waals surface area contributed by atoms with Gasteiger partial charge in [-0.1, -0.05) is 12.8 Å². The predicted molar refractivity (Wildman–Crippen MR) is 72.1 cm³/mol. The average molecular weight is 267 g/mol. The van der Waals surface area contributed by atoms with Crippen LogP contribution in [0, 0.1) is 10.8 Å². The number of hydrogen-bond acceptors (Lipinski definition) is 3. The van der Waals surface area contributed by atoms with Gasteiger partial charge in [-0.15, -0.1) is 0 Å². The van der Waals surface area contributed by atoms with Gasteiger partial charge in [0.2, 0.25) is 0 Å². The molecule has 3 rings (SSSR count). The van der Waals surface area contributed by atoms with Gasteiger partial charge < -0.3 is 14.7 Å². The number of likely N-dealkylation sites (tertiary alicyclic amines) is 1. The Hall–Kier alpha value is -0.610. The third-order valence-electron chi connectivity index (χ3n) is 5.48. The van der Waals surface area contributed by atoms with E-state index in [2.05, 4.69) is 4.90 Å². The summed E-state index contributed by atoms with van der Waals surface area (Å²) in [5.74, 6) is -0.667. The molecule has 1 atom stereocenters. The first-order chi connectivity index (χ1) is 9.14. The molecule has 19 heavy (non-hydrogen) atoms. The summed E-state index contributed by atoms with van der Waals surface area (Å²) in [5.41, 5.74) is -0.127. The van der Waals surface area contributed by atoms with E-state index in [1.54, 1.807) is 0 Å². The van der Waals surface area contributed by atoms with Gasteiger partial charge in [0.15, 0.2) is 0 Å². The number of carboxylic acids is 1. The number of carbonyl (C=O) groups is 1. The molecule has 108 valence electrons. The summed E-state index contributed by atoms with van der Waals surface area (Å²) in [4.78, 5) is 14.1. The lowest BCUT2D eigenvalue weighted by Crippen LogP contribution is -2.48. The van der Waals surface area contributed by atoms with Crippen LogP contribution >= 0.6 is 0 Å². The van der Waals surface area contributed by atoms with E-state index in [0.717, 1.165) is 32.5 Å². The van der Waals surface area contributed by atoms with E-state index < -0.39 is 11.4 Å². The SMILES string of the molecule is O=C(O)C1(CN2CCC3(CCCC3)C2)CCCOC1. The van der Waals surface area contributed by atoms with Crippen molar-refractivity contribution in [1.82, 2.24) is 4.90 Å². The van der Waals surface area contributed by atoms with Gasteiger partial charge in [-0.2, -0.15) is 0 Å². The van der Waals surface area contributed by atoms with Crippen LogP contribution in [0.1, 0.15) is 44.9 Å². The van der Waals surface area contributed by atoms with Crippen molar-refractivity contribution >= 4 is 5.97 Å². The van der Waals surface area contributed by atoms with Crippen LogP contribution in [0.3, 0.4) is 0 Å². The Bertz CT molecular complexity index is 343. The second kappa shape index (κ2) is 5.06. The van der Waals surface area contributed by atoms with Crippen LogP contribution in [0.5, 0.6) is 0 Å². The fourth-order valence-electron chi connectivity index (χ4n) is 4.34. The maximum atomic E-state index is 11.7. The molecule has 2 saturated heterocycles. The molecule has 0 amide bonds. The minimum Gasteiger partial charge on any atom is -0.481 e. The standard InChI is InChI=1S/C15H25NO3/c17-13(18)15(6-3-9-19-12-15)11-16-8-7-14(10-16)4-1-2-5-14/h1-12H2,(H,17,18). The smallest absolute Gasteiger partial charge is 0.313 e. The van der Waals surface area contributed by atoms with E-state index in [4.69, 9.17) is 4.74 Å². The van der Waals surface area contributed by atoms with E-state index in [-0.39, 0.29) is 0 Å². The van der Waals surface area contributed by atoms with Gasteiger partial charge in [0.1, 0.15) is 5.41 Å². The third kappa shape index (κ3) is 2.52. The first kappa shape index (κ1) is 13.4. The summed E-state index contributed by atoms with van der Waals surface area (Å²) in [6, 6.07) is 0. The molecule has 0 aromatic heterocycles. The van der Waals surface area contributed by atoms with Crippen molar-refractivity contribution in [3.8, 4) is 0 Å². The Kier molecular flexibility index (Phi) is 3.56. The van der Waals surface area contributed by atoms with Crippen molar-refractivity contribution in [2.45, 2.75) is 44.9 Å². The number of carboxylic acid groups (broad SMARTS) is 1. The quantitative estimate of drug-likeness (QED) is 0.851. The normalized spacial score (nSPS) is 34.9. The molecule has 1 unspecified atom stereocenters. The lowest BCUT2D eigenvalue weighted by atomic mass is 9.81. The van der Waals surface area contributed by atoms with E-state index in [1.807, 2.05) is 0 Å². The monoisotopic (exact) mass is 267 g/mol. The third-order valence-corrected chi connectivity index (χ3v) is 5.48. The van der Waals surface area contributed by atoms with Crippen molar-refractivity contribution < 1.29 is 14.6 Å². The van der Waals surface area contributed by atoms with E-state index >= 15 is 0 Å². The number of ether oxygens (including phenoxy) is 1. The van der Waals surface area contributed by atoms with Crippen molar-refractivity contribution in [3.05, 3.63) is 0 Å². The Morgan fingerprint density at radius 2 is 1.95 bits per heavy atom. The van der Waals surface area contributed by atoms with E-state index in [0.29, 0.717) is 18.6 Å². The molecule has 0 bridgehead atoms. The van der Waals surface area contributed by atoms with Crippen molar-refractivity contribution in [2.24, 2.45) is 10.8 Å². The zero-order valence-electron chi connectivity index (χ0n) is 11.7. The molecule has 4 heteroatoms. The molecule has 2 heterocycles. The minimum atomic E-state index is -0.667. The molecule has 1 spiro atoms. The number of hydrogen-bond donors (Lipinski definition) is 1. The van der Waals surface area contributed by atoms with Gasteiger partial charge in [-0.3, -0.25) is 4.79 Å². The molecule has 1 saturated carbocycles. The number of aliphatic carboxylic acids is 1. The van der Waals surface area contributed by atoms with Gasteiger partial charge in [-0.05, 0) is 44.1 Å². The van der Waals surface area contributed by atoms with Crippen molar-refractivity contribution in [1.29, 1.82) is 0 Å². The highest BCUT2D eigenvalue weighted by Crippen LogP contribution is 2.46. The summed E-state index contributed by atoms with van der Waals surface area (Å²) in [7, 11) is 0. The molecule has 3 aliphatic rings. The second-order valence-corrected chi connectivity index (χ2v) is 6.91. The fraction of sp³-hybridized carbons (Fsp3) is 0.933. The Morgan fingerprint density at radius 3 is 2.58 bits per heavy atom. The van der Waals surface area contributed by atoms with Crippen molar-refractivity contribution in [3.63, 3.8) is 0 Å². The maximum absolute atomic E-state index is 11.7. The van der Waals surface area contributed by atoms with Crippen LogP contribution in [0.2, 0.25) is 0 Å². The average Bonchev–Trinajstić information content (AvgIpc) is 3.01. The van der Waals surface area contributed by atoms with Crippen LogP contribution in [0.4, 0.5) is 0 Å². The lowest BCUT2D eigenvalue weighted by molar-refractivity contribution is -0.159. The van der Waals surface area contributed by atoms with Crippen LogP contribution in [-0.2, 0) is 9.53 Å². The summed E-state index contributed by atoms with van der Waals surface area (Å²) in [5, 5.41) is 9.60. The molecular weight excluding hydrogens is 242 g/mol. The first-order valence-corrected chi connectivity index (χ1v) is 7.68. The van der Waals surface area contributed by atoms with Gasteiger partial charge in [0, 0.05) is 19.7 Å². The summed E-state index contributed by atoms with van der Waals surface area (Å²) >= 11 is 0. The van der Waals surface area contributed by atoms with E-state index in [1.165, 1.54) is 32.1 Å². The Morgan fingerprint density at radius 1 is 1.16 bits per heavy atom. The summed E-state index contributed by atoms with van der Waals surface area (Å²) in [6.07, 6.45) is 8.34. The molecule has 1 N–H and O–H groups in total. The van der Waals surface area contributed by atoms with Crippen LogP contribution < -0.4 is 0 Å². The number of nitrogens with zero attached hydrogens (tertiary/aromatic N) is 1. The van der Waals surface area contributed by atoms with E-state index in [9.17, 15) is 9.90 Å². The largest absolute Gasteiger partial charge is 0.481 e. The molecule has 2 aliphatic heterocycles. The highest BCUT2D eigenvalue weighted by Gasteiger charge is 2.46. The zero-order valence-corrected chi connectivity index (χ0v) is 11.7. The maximum Gasteiger partial charge on any atom is 0.313 e. The molecule has 0 aromatic carbocycles. The summed E-state index contributed by atoms with van der Waals surface area (Å²) in [6.45, 7) is 3.99. The van der Waals surface area contributed by atoms with Crippen molar-refractivity contribution in [2.75, 3.05) is 32.8 Å². The van der Waals surface area contributed by atoms with Crippen LogP contribution in [0.25, 0.3) is 0 Å². The van der Waals surface area contributed by atoms with Gasteiger partial charge in [0.25, 0.3) is 0 Å². The second-order valence-electron chi connectivity index (χ2n) is 6.91. The molecule has 3 fully saturated rings. The lowest BCUT2D eigenvalue weighted by Gasteiger charge is -2.36. The highest BCUT2D eigenvalue weighted by molar-refractivity contribution is 5.75.